The van der Waals surface area contributed by atoms with Crippen molar-refractivity contribution in [2.75, 3.05) is 0 Å². The molecule has 0 aliphatic rings. The fourth-order valence-electron chi connectivity index (χ4n) is 10.4. The molecule has 0 bridgehead atoms. The van der Waals surface area contributed by atoms with Gasteiger partial charge in [-0.3, -0.25) is 0 Å². The molecule has 0 amide bonds. The number of rotatable bonds is 7. The number of hydrogen-bond acceptors (Lipinski definition) is 14. The standard InChI is InChI=1S/C59H41F3N16/c1-28-65-29(2)70-55(69-28)37-10-15-43-44-16-11-38(56-71-30(3)66-31(4)72-56)21-50(44)77(49(43)20-37)53-24-41(27-64)47(42-14-9-36(26-63)19-48(42)59(60,61)62)25-54(53)78-51-22-39(57-73-32(5)67-33(6)74-57)12-17-45(51)46-18-13-40(23-52(46)78)58-75-34(7)68-35(8)76-58/h9-25H,1-8H3. The van der Waals surface area contributed by atoms with Crippen molar-refractivity contribution in [3.05, 3.63) is 166 Å². The van der Waals surface area contributed by atoms with E-state index >= 15 is 13.2 Å². The van der Waals surface area contributed by atoms with Crippen LogP contribution in [0.1, 0.15) is 63.3 Å². The van der Waals surface area contributed by atoms with Gasteiger partial charge in [-0.15, -0.1) is 0 Å². The molecule has 19 heteroatoms. The number of aryl methyl sites for hydroxylation is 8. The first-order valence-electron chi connectivity index (χ1n) is 24.6. The summed E-state index contributed by atoms with van der Waals surface area (Å²) in [4.78, 5) is 55.5. The maximum atomic E-state index is 15.4. The summed E-state index contributed by atoms with van der Waals surface area (Å²) >= 11 is 0. The summed E-state index contributed by atoms with van der Waals surface area (Å²) in [5.74, 6) is 5.86. The molecule has 0 saturated heterocycles. The minimum Gasteiger partial charge on any atom is -0.307 e. The number of fused-ring (bicyclic) bond motifs is 6. The van der Waals surface area contributed by atoms with Gasteiger partial charge in [-0.05, 0) is 109 Å². The van der Waals surface area contributed by atoms with Gasteiger partial charge in [0.05, 0.1) is 62.3 Å². The Morgan fingerprint density at radius 1 is 0.359 bits per heavy atom. The van der Waals surface area contributed by atoms with E-state index in [0.29, 0.717) is 126 Å². The van der Waals surface area contributed by atoms with Crippen molar-refractivity contribution in [1.29, 1.82) is 10.5 Å². The molecule has 12 rings (SSSR count). The molecule has 0 unspecified atom stereocenters. The van der Waals surface area contributed by atoms with Gasteiger partial charge >= 0.3 is 6.18 Å². The van der Waals surface area contributed by atoms with Crippen LogP contribution in [0.15, 0.2) is 103 Å². The quantitative estimate of drug-likeness (QED) is 0.145. The van der Waals surface area contributed by atoms with E-state index < -0.39 is 11.7 Å². The normalized spacial score (nSPS) is 11.8. The van der Waals surface area contributed by atoms with Crippen molar-refractivity contribution in [2.45, 2.75) is 61.6 Å². The minimum absolute atomic E-state index is 0.0303. The predicted molar refractivity (Wildman–Crippen MR) is 288 cm³/mol. The third kappa shape index (κ3) is 8.43. The van der Waals surface area contributed by atoms with Crippen LogP contribution < -0.4 is 0 Å². The molecule has 0 spiro atoms. The predicted octanol–water partition coefficient (Wildman–Crippen LogP) is 12.2. The summed E-state index contributed by atoms with van der Waals surface area (Å²) in [5.41, 5.74) is 4.26. The fourth-order valence-corrected chi connectivity index (χ4v) is 10.4. The lowest BCUT2D eigenvalue weighted by Crippen LogP contribution is -2.10. The monoisotopic (exact) mass is 1030 g/mol. The van der Waals surface area contributed by atoms with Crippen LogP contribution in [0.25, 0.3) is 112 Å². The van der Waals surface area contributed by atoms with E-state index in [1.54, 1.807) is 67.5 Å². The molecule has 0 aliphatic carbocycles. The summed E-state index contributed by atoms with van der Waals surface area (Å²) in [6.07, 6.45) is -4.93. The second-order valence-corrected chi connectivity index (χ2v) is 19.0. The second kappa shape index (κ2) is 18.2. The van der Waals surface area contributed by atoms with Crippen LogP contribution in [-0.4, -0.2) is 68.9 Å². The lowest BCUT2D eigenvalue weighted by molar-refractivity contribution is -0.137. The largest absolute Gasteiger partial charge is 0.417 e. The van der Waals surface area contributed by atoms with E-state index in [4.69, 9.17) is 39.9 Å². The summed E-state index contributed by atoms with van der Waals surface area (Å²) in [5, 5.41) is 24.3. The molecule has 378 valence electrons. The molecule has 0 atom stereocenters. The summed E-state index contributed by atoms with van der Waals surface area (Å²) in [7, 11) is 0. The SMILES string of the molecule is Cc1nc(C)nc(-c2ccc3c4ccc(-c5nc(C)nc(C)n5)cc4n(-c4cc(C#N)c(-c5ccc(C#N)cc5C(F)(F)F)cc4-n4c5cc(-c6nc(C)nc(C)n6)ccc5c5ccc(-c6nc(C)nc(C)n6)cc54)c3c2)n1. The maximum absolute atomic E-state index is 15.4. The molecule has 0 N–H and O–H groups in total. The van der Waals surface area contributed by atoms with Crippen molar-refractivity contribution in [3.63, 3.8) is 0 Å². The van der Waals surface area contributed by atoms with Crippen LogP contribution in [0.4, 0.5) is 13.2 Å². The lowest BCUT2D eigenvalue weighted by Gasteiger charge is -2.21. The number of nitrogens with zero attached hydrogens (tertiary/aromatic N) is 16. The molecule has 0 aliphatic heterocycles. The van der Waals surface area contributed by atoms with E-state index in [0.717, 1.165) is 27.6 Å². The Labute approximate surface area is 442 Å². The molecular formula is C59H41F3N16. The van der Waals surface area contributed by atoms with Crippen molar-refractivity contribution in [2.24, 2.45) is 0 Å². The Bertz CT molecular complexity index is 4340. The Kier molecular flexibility index (Phi) is 11.4. The molecule has 78 heavy (non-hydrogen) atoms. The van der Waals surface area contributed by atoms with E-state index in [1.165, 1.54) is 12.1 Å². The van der Waals surface area contributed by atoms with Crippen molar-refractivity contribution in [1.82, 2.24) is 68.9 Å². The molecule has 6 aromatic carbocycles. The van der Waals surface area contributed by atoms with Gasteiger partial charge in [0.25, 0.3) is 0 Å². The minimum atomic E-state index is -4.93. The van der Waals surface area contributed by atoms with E-state index in [2.05, 4.69) is 26.0 Å². The smallest absolute Gasteiger partial charge is 0.307 e. The Balaban J connectivity index is 1.29. The second-order valence-electron chi connectivity index (χ2n) is 19.0. The third-order valence-electron chi connectivity index (χ3n) is 13.5. The van der Waals surface area contributed by atoms with Gasteiger partial charge in [-0.1, -0.05) is 54.6 Å². The molecule has 16 nitrogen and oxygen atoms in total. The number of nitriles is 2. The molecule has 6 heterocycles. The number of hydrogen-bond donors (Lipinski definition) is 0. The highest BCUT2D eigenvalue weighted by Gasteiger charge is 2.35. The van der Waals surface area contributed by atoms with Crippen LogP contribution in [0.2, 0.25) is 0 Å². The summed E-state index contributed by atoms with van der Waals surface area (Å²) in [6, 6.07) is 34.2. The van der Waals surface area contributed by atoms with Crippen LogP contribution in [0.5, 0.6) is 0 Å². The lowest BCUT2D eigenvalue weighted by atomic mass is 9.92. The highest BCUT2D eigenvalue weighted by Crippen LogP contribution is 2.46. The molecule has 0 radical (unpaired) electrons. The van der Waals surface area contributed by atoms with Crippen molar-refractivity contribution >= 4 is 43.6 Å². The van der Waals surface area contributed by atoms with Crippen LogP contribution in [0, 0.1) is 78.1 Å². The Morgan fingerprint density at radius 2 is 0.679 bits per heavy atom. The van der Waals surface area contributed by atoms with Gasteiger partial charge in [0.15, 0.2) is 23.3 Å². The maximum Gasteiger partial charge on any atom is 0.417 e. The van der Waals surface area contributed by atoms with E-state index in [-0.39, 0.29) is 22.3 Å². The summed E-state index contributed by atoms with van der Waals surface area (Å²) < 4.78 is 50.3. The third-order valence-corrected chi connectivity index (χ3v) is 13.5. The van der Waals surface area contributed by atoms with Crippen LogP contribution >= 0.6 is 0 Å². The molecule has 12 aromatic rings. The van der Waals surface area contributed by atoms with Gasteiger partial charge in [0.1, 0.15) is 46.6 Å². The number of benzene rings is 6. The van der Waals surface area contributed by atoms with Gasteiger partial charge < -0.3 is 9.13 Å². The zero-order valence-corrected chi connectivity index (χ0v) is 43.1. The number of aromatic nitrogens is 14. The van der Waals surface area contributed by atoms with Gasteiger partial charge in [0.2, 0.25) is 0 Å². The first kappa shape index (κ1) is 48.7. The topological polar surface area (TPSA) is 212 Å². The highest BCUT2D eigenvalue weighted by atomic mass is 19.4. The Morgan fingerprint density at radius 3 is 0.974 bits per heavy atom. The van der Waals surface area contributed by atoms with Gasteiger partial charge in [0, 0.05) is 49.4 Å². The zero-order chi connectivity index (χ0) is 54.5. The van der Waals surface area contributed by atoms with E-state index in [9.17, 15) is 10.5 Å². The fraction of sp³-hybridized carbons (Fsp3) is 0.153. The first-order chi connectivity index (χ1) is 37.4. The average molecular weight is 1030 g/mol. The molecule has 0 saturated carbocycles. The first-order valence-corrected chi connectivity index (χ1v) is 24.6. The van der Waals surface area contributed by atoms with Gasteiger partial charge in [-0.2, -0.15) is 23.7 Å². The number of halogens is 3. The molecular weight excluding hydrogens is 990 g/mol. The highest BCUT2D eigenvalue weighted by molar-refractivity contribution is 6.13. The van der Waals surface area contributed by atoms with Crippen molar-refractivity contribution in [3.8, 4) is 80.2 Å². The molecule has 0 fully saturated rings. The number of alkyl halides is 3. The van der Waals surface area contributed by atoms with E-state index in [1.807, 2.05) is 88.0 Å². The van der Waals surface area contributed by atoms with Gasteiger partial charge in [-0.25, -0.2) is 59.8 Å². The van der Waals surface area contributed by atoms with Crippen LogP contribution in [-0.2, 0) is 6.18 Å². The summed E-state index contributed by atoms with van der Waals surface area (Å²) in [6.45, 7) is 14.3. The Hall–Kier alpha value is -10.3. The zero-order valence-electron chi connectivity index (χ0n) is 43.1. The molecule has 6 aromatic heterocycles. The van der Waals surface area contributed by atoms with Crippen molar-refractivity contribution < 1.29 is 13.2 Å². The van der Waals surface area contributed by atoms with Crippen LogP contribution in [0.3, 0.4) is 0 Å². The average Bonchev–Trinajstić information content (AvgIpc) is 4.14.